The minimum absolute atomic E-state index is 0.150. The van der Waals surface area contributed by atoms with E-state index in [9.17, 15) is 9.59 Å². The lowest BCUT2D eigenvalue weighted by Gasteiger charge is -2.11. The highest BCUT2D eigenvalue weighted by molar-refractivity contribution is 5.84. The van der Waals surface area contributed by atoms with Gasteiger partial charge in [-0.15, -0.1) is 0 Å². The lowest BCUT2D eigenvalue weighted by atomic mass is 10.1. The van der Waals surface area contributed by atoms with Crippen molar-refractivity contribution in [3.63, 3.8) is 0 Å². The second kappa shape index (κ2) is 5.98. The Morgan fingerprint density at radius 2 is 2.18 bits per heavy atom. The molecule has 0 aliphatic rings. The van der Waals surface area contributed by atoms with Gasteiger partial charge in [-0.05, 0) is 25.0 Å². The van der Waals surface area contributed by atoms with Crippen LogP contribution < -0.4 is 5.32 Å². The highest BCUT2D eigenvalue weighted by Gasteiger charge is 2.17. The monoisotopic (exact) mass is 236 g/mol. The molecular formula is C12H16N2O3. The summed E-state index contributed by atoms with van der Waals surface area (Å²) in [4.78, 5) is 26.4. The standard InChI is InChI=1S/C12H16N2O3/c1-3-10(12(16)17)14-11(15)6-9-5-4-8(2)13-7-9/h4-5,7,10H,3,6H2,1-2H3,(H,14,15)(H,16,17). The normalized spacial score (nSPS) is 11.9. The van der Waals surface area contributed by atoms with Crippen molar-refractivity contribution in [2.24, 2.45) is 0 Å². The average Bonchev–Trinajstić information content (AvgIpc) is 2.28. The molecule has 1 aromatic heterocycles. The molecule has 0 saturated heterocycles. The topological polar surface area (TPSA) is 79.3 Å². The Bertz CT molecular complexity index is 401. The lowest BCUT2D eigenvalue weighted by Crippen LogP contribution is -2.40. The molecule has 92 valence electrons. The molecule has 0 fully saturated rings. The molecule has 0 radical (unpaired) electrons. The number of pyridine rings is 1. The molecule has 0 saturated carbocycles. The second-order valence-electron chi connectivity index (χ2n) is 3.85. The fraction of sp³-hybridized carbons (Fsp3) is 0.417. The Morgan fingerprint density at radius 1 is 1.47 bits per heavy atom. The number of aromatic nitrogens is 1. The minimum atomic E-state index is -1.01. The first-order valence-electron chi connectivity index (χ1n) is 5.46. The van der Waals surface area contributed by atoms with Crippen molar-refractivity contribution in [1.82, 2.24) is 10.3 Å². The molecule has 2 N–H and O–H groups in total. The van der Waals surface area contributed by atoms with Crippen LogP contribution in [0.5, 0.6) is 0 Å². The third-order valence-electron chi connectivity index (χ3n) is 2.38. The van der Waals surface area contributed by atoms with Gasteiger partial charge >= 0.3 is 5.97 Å². The molecule has 1 heterocycles. The van der Waals surface area contributed by atoms with Gasteiger partial charge in [0.15, 0.2) is 0 Å². The van der Waals surface area contributed by atoms with E-state index in [0.29, 0.717) is 6.42 Å². The predicted octanol–water partition coefficient (Wildman–Crippen LogP) is 0.912. The molecule has 1 atom stereocenters. The lowest BCUT2D eigenvalue weighted by molar-refractivity contribution is -0.141. The molecule has 0 aliphatic carbocycles. The van der Waals surface area contributed by atoms with Crippen LogP contribution in [-0.2, 0) is 16.0 Å². The van der Waals surface area contributed by atoms with E-state index in [1.54, 1.807) is 13.1 Å². The number of aliphatic carboxylic acids is 1. The first kappa shape index (κ1) is 13.2. The van der Waals surface area contributed by atoms with Crippen molar-refractivity contribution in [3.8, 4) is 0 Å². The van der Waals surface area contributed by atoms with E-state index in [4.69, 9.17) is 5.11 Å². The van der Waals surface area contributed by atoms with Crippen LogP contribution in [0.1, 0.15) is 24.6 Å². The van der Waals surface area contributed by atoms with Crippen LogP contribution in [0.4, 0.5) is 0 Å². The Balaban J connectivity index is 2.54. The molecule has 1 amide bonds. The zero-order valence-electron chi connectivity index (χ0n) is 9.93. The minimum Gasteiger partial charge on any atom is -0.480 e. The number of nitrogens with one attached hydrogen (secondary N) is 1. The molecule has 1 aromatic rings. The van der Waals surface area contributed by atoms with Crippen LogP contribution in [0.3, 0.4) is 0 Å². The number of hydrogen-bond acceptors (Lipinski definition) is 3. The van der Waals surface area contributed by atoms with Crippen LogP contribution >= 0.6 is 0 Å². The number of nitrogens with zero attached hydrogens (tertiary/aromatic N) is 1. The van der Waals surface area contributed by atoms with Gasteiger partial charge in [0.2, 0.25) is 5.91 Å². The van der Waals surface area contributed by atoms with Crippen LogP contribution in [-0.4, -0.2) is 28.0 Å². The van der Waals surface area contributed by atoms with Crippen molar-refractivity contribution < 1.29 is 14.7 Å². The fourth-order valence-electron chi connectivity index (χ4n) is 1.37. The summed E-state index contributed by atoms with van der Waals surface area (Å²) >= 11 is 0. The molecule has 17 heavy (non-hydrogen) atoms. The molecule has 0 aliphatic heterocycles. The summed E-state index contributed by atoms with van der Waals surface area (Å²) in [6.45, 7) is 3.58. The van der Waals surface area contributed by atoms with Crippen molar-refractivity contribution in [2.75, 3.05) is 0 Å². The summed E-state index contributed by atoms with van der Waals surface area (Å²) in [5.41, 5.74) is 1.65. The predicted molar refractivity (Wildman–Crippen MR) is 62.5 cm³/mol. The van der Waals surface area contributed by atoms with Crippen LogP contribution in [0.15, 0.2) is 18.3 Å². The van der Waals surface area contributed by atoms with Crippen LogP contribution in [0.2, 0.25) is 0 Å². The summed E-state index contributed by atoms with van der Waals surface area (Å²) in [6, 6.07) is 2.81. The van der Waals surface area contributed by atoms with Crippen molar-refractivity contribution in [2.45, 2.75) is 32.7 Å². The first-order valence-corrected chi connectivity index (χ1v) is 5.46. The molecule has 0 aromatic carbocycles. The zero-order valence-corrected chi connectivity index (χ0v) is 9.93. The first-order chi connectivity index (χ1) is 8.02. The van der Waals surface area contributed by atoms with E-state index >= 15 is 0 Å². The number of aryl methyl sites for hydroxylation is 1. The Labute approximate surface area is 99.9 Å². The van der Waals surface area contributed by atoms with Gasteiger partial charge in [-0.1, -0.05) is 13.0 Å². The SMILES string of the molecule is CCC(NC(=O)Cc1ccc(C)nc1)C(=O)O. The van der Waals surface area contributed by atoms with Gasteiger partial charge in [-0.3, -0.25) is 9.78 Å². The average molecular weight is 236 g/mol. The Hall–Kier alpha value is -1.91. The second-order valence-corrected chi connectivity index (χ2v) is 3.85. The molecule has 0 bridgehead atoms. The highest BCUT2D eigenvalue weighted by atomic mass is 16.4. The van der Waals surface area contributed by atoms with Crippen LogP contribution in [0.25, 0.3) is 0 Å². The summed E-state index contributed by atoms with van der Waals surface area (Å²) in [7, 11) is 0. The summed E-state index contributed by atoms with van der Waals surface area (Å²) < 4.78 is 0. The van der Waals surface area contributed by atoms with Gasteiger partial charge in [0.1, 0.15) is 6.04 Å². The highest BCUT2D eigenvalue weighted by Crippen LogP contribution is 2.01. The van der Waals surface area contributed by atoms with Gasteiger partial charge in [0, 0.05) is 11.9 Å². The number of carboxylic acids is 1. The van der Waals surface area contributed by atoms with Crippen molar-refractivity contribution in [3.05, 3.63) is 29.6 Å². The van der Waals surface area contributed by atoms with Crippen molar-refractivity contribution >= 4 is 11.9 Å². The number of hydrogen-bond donors (Lipinski definition) is 2. The Kier molecular flexibility index (Phi) is 4.63. The van der Waals surface area contributed by atoms with E-state index in [1.807, 2.05) is 19.1 Å². The number of amides is 1. The number of rotatable bonds is 5. The maximum Gasteiger partial charge on any atom is 0.326 e. The molecular weight excluding hydrogens is 220 g/mol. The number of carboxylic acid groups (broad SMARTS) is 1. The molecule has 1 rings (SSSR count). The largest absolute Gasteiger partial charge is 0.480 e. The molecule has 5 heteroatoms. The van der Waals surface area contributed by atoms with E-state index in [-0.39, 0.29) is 12.3 Å². The van der Waals surface area contributed by atoms with Crippen molar-refractivity contribution in [1.29, 1.82) is 0 Å². The summed E-state index contributed by atoms with van der Waals surface area (Å²) in [6.07, 6.45) is 2.14. The maximum absolute atomic E-state index is 11.6. The van der Waals surface area contributed by atoms with E-state index in [1.165, 1.54) is 0 Å². The summed E-state index contributed by atoms with van der Waals surface area (Å²) in [5, 5.41) is 11.3. The maximum atomic E-state index is 11.6. The van der Waals surface area contributed by atoms with Gasteiger partial charge < -0.3 is 10.4 Å². The summed E-state index contributed by atoms with van der Waals surface area (Å²) in [5.74, 6) is -1.31. The molecule has 1 unspecified atom stereocenters. The number of carbonyl (C=O) groups is 2. The zero-order chi connectivity index (χ0) is 12.8. The molecule has 0 spiro atoms. The third-order valence-corrected chi connectivity index (χ3v) is 2.38. The smallest absolute Gasteiger partial charge is 0.326 e. The fourth-order valence-corrected chi connectivity index (χ4v) is 1.37. The third kappa shape index (κ3) is 4.22. The van der Waals surface area contributed by atoms with Crippen LogP contribution in [0, 0.1) is 6.92 Å². The van der Waals surface area contributed by atoms with Gasteiger partial charge in [0.05, 0.1) is 6.42 Å². The van der Waals surface area contributed by atoms with E-state index in [0.717, 1.165) is 11.3 Å². The van der Waals surface area contributed by atoms with E-state index < -0.39 is 12.0 Å². The molecule has 5 nitrogen and oxygen atoms in total. The Morgan fingerprint density at radius 3 is 2.65 bits per heavy atom. The number of carbonyl (C=O) groups excluding carboxylic acids is 1. The van der Waals surface area contributed by atoms with Gasteiger partial charge in [0.25, 0.3) is 0 Å². The quantitative estimate of drug-likeness (QED) is 0.796. The van der Waals surface area contributed by atoms with Gasteiger partial charge in [-0.2, -0.15) is 0 Å². The van der Waals surface area contributed by atoms with Gasteiger partial charge in [-0.25, -0.2) is 4.79 Å². The van der Waals surface area contributed by atoms with E-state index in [2.05, 4.69) is 10.3 Å².